The molecule has 102 valence electrons. The fraction of sp³-hybridized carbons (Fsp3) is 0.846. The average Bonchev–Trinajstić information content (AvgIpc) is 3.08. The number of nitrogens with two attached hydrogens (primary N) is 1. The van der Waals surface area contributed by atoms with Gasteiger partial charge in [0.1, 0.15) is 6.54 Å². The number of carbonyl (C=O) groups is 2. The van der Waals surface area contributed by atoms with Crippen LogP contribution in [0.1, 0.15) is 45.4 Å². The van der Waals surface area contributed by atoms with Gasteiger partial charge in [0.25, 0.3) is 0 Å². The summed E-state index contributed by atoms with van der Waals surface area (Å²) in [7, 11) is 0. The van der Waals surface area contributed by atoms with E-state index in [2.05, 4.69) is 0 Å². The van der Waals surface area contributed by atoms with Crippen molar-refractivity contribution >= 4 is 11.9 Å². The number of amides is 1. The summed E-state index contributed by atoms with van der Waals surface area (Å²) < 4.78 is 4.92. The maximum absolute atomic E-state index is 12.5. The molecule has 18 heavy (non-hydrogen) atoms. The number of esters is 1. The van der Waals surface area contributed by atoms with Crippen molar-refractivity contribution in [2.75, 3.05) is 13.2 Å². The molecule has 0 heterocycles. The lowest BCUT2D eigenvalue weighted by Crippen LogP contribution is -2.55. The molecule has 0 aromatic rings. The second-order valence-electron chi connectivity index (χ2n) is 5.33. The van der Waals surface area contributed by atoms with Gasteiger partial charge >= 0.3 is 5.97 Å². The van der Waals surface area contributed by atoms with Crippen LogP contribution in [0, 0.1) is 0 Å². The normalized spacial score (nSPS) is 21.7. The molecule has 0 radical (unpaired) electrons. The molecular formula is C13H22N2O3. The minimum Gasteiger partial charge on any atom is -0.465 e. The lowest BCUT2D eigenvalue weighted by atomic mass is 9.97. The quantitative estimate of drug-likeness (QED) is 0.737. The van der Waals surface area contributed by atoms with Gasteiger partial charge in [-0.3, -0.25) is 9.59 Å². The van der Waals surface area contributed by atoms with E-state index in [4.69, 9.17) is 10.5 Å². The molecular weight excluding hydrogens is 232 g/mol. The lowest BCUT2D eigenvalue weighted by Gasteiger charge is -2.31. The molecule has 0 atom stereocenters. The number of ether oxygens (including phenoxy) is 1. The smallest absolute Gasteiger partial charge is 0.325 e. The summed E-state index contributed by atoms with van der Waals surface area (Å²) in [6, 6.07) is 0.197. The first kappa shape index (κ1) is 13.3. The highest BCUT2D eigenvalue weighted by Crippen LogP contribution is 2.34. The van der Waals surface area contributed by atoms with Crippen LogP contribution in [0.4, 0.5) is 0 Å². The van der Waals surface area contributed by atoms with E-state index in [9.17, 15) is 9.59 Å². The van der Waals surface area contributed by atoms with Gasteiger partial charge in [-0.2, -0.15) is 0 Å². The highest BCUT2D eigenvalue weighted by atomic mass is 16.5. The first-order valence-corrected chi connectivity index (χ1v) is 6.82. The standard InChI is InChI=1S/C13H22N2O3/c1-2-18-11(16)9-15(10-5-6-10)12(17)13(14)7-3-4-8-13/h10H,2-9,14H2,1H3. The molecule has 2 rings (SSSR count). The van der Waals surface area contributed by atoms with E-state index in [0.29, 0.717) is 6.61 Å². The molecule has 2 saturated carbocycles. The Morgan fingerprint density at radius 2 is 1.94 bits per heavy atom. The van der Waals surface area contributed by atoms with Gasteiger partial charge in [0.05, 0.1) is 12.1 Å². The van der Waals surface area contributed by atoms with Crippen molar-refractivity contribution in [2.45, 2.75) is 57.0 Å². The van der Waals surface area contributed by atoms with Gasteiger partial charge in [-0.1, -0.05) is 12.8 Å². The van der Waals surface area contributed by atoms with Crippen molar-refractivity contribution in [3.05, 3.63) is 0 Å². The fourth-order valence-electron chi connectivity index (χ4n) is 2.60. The number of hydrogen-bond donors (Lipinski definition) is 1. The largest absolute Gasteiger partial charge is 0.465 e. The third-order valence-electron chi connectivity index (χ3n) is 3.77. The summed E-state index contributed by atoms with van der Waals surface area (Å²) >= 11 is 0. The van der Waals surface area contributed by atoms with Crippen molar-refractivity contribution in [1.29, 1.82) is 0 Å². The minimum atomic E-state index is -0.741. The van der Waals surface area contributed by atoms with E-state index in [1.807, 2.05) is 0 Å². The van der Waals surface area contributed by atoms with Gasteiger partial charge in [-0.15, -0.1) is 0 Å². The second kappa shape index (κ2) is 5.26. The van der Waals surface area contributed by atoms with E-state index in [1.54, 1.807) is 11.8 Å². The zero-order chi connectivity index (χ0) is 13.2. The summed E-state index contributed by atoms with van der Waals surface area (Å²) in [5, 5.41) is 0. The summed E-state index contributed by atoms with van der Waals surface area (Å²) in [6.45, 7) is 2.16. The highest BCUT2D eigenvalue weighted by molar-refractivity contribution is 5.89. The Hall–Kier alpha value is -1.10. The van der Waals surface area contributed by atoms with E-state index in [0.717, 1.165) is 38.5 Å². The Bertz CT molecular complexity index is 333. The lowest BCUT2D eigenvalue weighted by molar-refractivity contribution is -0.151. The Kier molecular flexibility index (Phi) is 3.90. The van der Waals surface area contributed by atoms with Crippen LogP contribution in [0.5, 0.6) is 0 Å². The maximum atomic E-state index is 12.5. The molecule has 2 aliphatic rings. The predicted octanol–water partition coefficient (Wildman–Crippen LogP) is 0.812. The average molecular weight is 254 g/mol. The molecule has 2 N–H and O–H groups in total. The fourth-order valence-corrected chi connectivity index (χ4v) is 2.60. The molecule has 0 spiro atoms. The van der Waals surface area contributed by atoms with Gasteiger partial charge in [0.2, 0.25) is 5.91 Å². The van der Waals surface area contributed by atoms with Crippen LogP contribution in [0.2, 0.25) is 0 Å². The van der Waals surface area contributed by atoms with Crippen LogP contribution in [0.3, 0.4) is 0 Å². The third-order valence-corrected chi connectivity index (χ3v) is 3.77. The number of nitrogens with zero attached hydrogens (tertiary/aromatic N) is 1. The van der Waals surface area contributed by atoms with Crippen LogP contribution in [0.15, 0.2) is 0 Å². The Morgan fingerprint density at radius 1 is 1.33 bits per heavy atom. The van der Waals surface area contributed by atoms with Gasteiger partial charge in [-0.05, 0) is 32.6 Å². The monoisotopic (exact) mass is 254 g/mol. The zero-order valence-electron chi connectivity index (χ0n) is 11.0. The van der Waals surface area contributed by atoms with Gasteiger partial charge in [-0.25, -0.2) is 0 Å². The number of carbonyl (C=O) groups excluding carboxylic acids is 2. The van der Waals surface area contributed by atoms with E-state index in [-0.39, 0.29) is 24.5 Å². The van der Waals surface area contributed by atoms with Crippen LogP contribution < -0.4 is 5.73 Å². The summed E-state index contributed by atoms with van der Waals surface area (Å²) in [6.07, 6.45) is 5.42. The summed E-state index contributed by atoms with van der Waals surface area (Å²) in [4.78, 5) is 25.7. The van der Waals surface area contributed by atoms with Gasteiger partial charge < -0.3 is 15.4 Å². The van der Waals surface area contributed by atoms with Crippen LogP contribution >= 0.6 is 0 Å². The third kappa shape index (κ3) is 2.83. The molecule has 0 aromatic carbocycles. The minimum absolute atomic E-state index is 0.0519. The Labute approximate surface area is 108 Å². The molecule has 5 heteroatoms. The van der Waals surface area contributed by atoms with Crippen molar-refractivity contribution in [3.63, 3.8) is 0 Å². The second-order valence-corrected chi connectivity index (χ2v) is 5.33. The molecule has 0 bridgehead atoms. The molecule has 0 unspecified atom stereocenters. The number of rotatable bonds is 5. The van der Waals surface area contributed by atoms with E-state index < -0.39 is 5.54 Å². The van der Waals surface area contributed by atoms with Gasteiger partial charge in [0, 0.05) is 6.04 Å². The Balaban J connectivity index is 2.00. The SMILES string of the molecule is CCOC(=O)CN(C(=O)C1(N)CCCC1)C1CC1. The molecule has 0 aromatic heterocycles. The highest BCUT2D eigenvalue weighted by Gasteiger charge is 2.44. The van der Waals surface area contributed by atoms with Crippen LogP contribution in [-0.4, -0.2) is 41.5 Å². The molecule has 0 saturated heterocycles. The first-order chi connectivity index (χ1) is 8.57. The van der Waals surface area contributed by atoms with Crippen molar-refractivity contribution in [1.82, 2.24) is 4.90 Å². The number of hydrogen-bond acceptors (Lipinski definition) is 4. The molecule has 1 amide bonds. The van der Waals surface area contributed by atoms with Crippen LogP contribution in [0.25, 0.3) is 0 Å². The predicted molar refractivity (Wildman–Crippen MR) is 66.8 cm³/mol. The first-order valence-electron chi connectivity index (χ1n) is 6.82. The molecule has 2 fully saturated rings. The summed E-state index contributed by atoms with van der Waals surface area (Å²) in [5.74, 6) is -0.394. The van der Waals surface area contributed by atoms with E-state index >= 15 is 0 Å². The maximum Gasteiger partial charge on any atom is 0.325 e. The van der Waals surface area contributed by atoms with Gasteiger partial charge in [0.15, 0.2) is 0 Å². The molecule has 5 nitrogen and oxygen atoms in total. The molecule has 2 aliphatic carbocycles. The van der Waals surface area contributed by atoms with Crippen molar-refractivity contribution in [3.8, 4) is 0 Å². The molecule has 0 aliphatic heterocycles. The van der Waals surface area contributed by atoms with Crippen molar-refractivity contribution in [2.24, 2.45) is 5.73 Å². The van der Waals surface area contributed by atoms with E-state index in [1.165, 1.54) is 0 Å². The topological polar surface area (TPSA) is 72.6 Å². The van der Waals surface area contributed by atoms with Crippen LogP contribution in [-0.2, 0) is 14.3 Å². The Morgan fingerprint density at radius 3 is 2.44 bits per heavy atom. The van der Waals surface area contributed by atoms with Crippen molar-refractivity contribution < 1.29 is 14.3 Å². The zero-order valence-corrected chi connectivity index (χ0v) is 11.0. The summed E-state index contributed by atoms with van der Waals surface area (Å²) in [5.41, 5.74) is 5.43.